The van der Waals surface area contributed by atoms with Gasteiger partial charge in [0, 0.05) is 13.1 Å². The zero-order valence-corrected chi connectivity index (χ0v) is 10.4. The summed E-state index contributed by atoms with van der Waals surface area (Å²) in [6, 6.07) is 1.58. The minimum absolute atomic E-state index is 0.392. The van der Waals surface area contributed by atoms with Gasteiger partial charge in [0.15, 0.2) is 0 Å². The first-order valence-electron chi connectivity index (χ1n) is 5.90. The summed E-state index contributed by atoms with van der Waals surface area (Å²) in [7, 11) is 0. The summed E-state index contributed by atoms with van der Waals surface area (Å²) in [5.41, 5.74) is 11.8. The van der Waals surface area contributed by atoms with Crippen molar-refractivity contribution < 1.29 is 4.79 Å². The van der Waals surface area contributed by atoms with Crippen molar-refractivity contribution in [2.24, 2.45) is 5.73 Å². The first-order chi connectivity index (χ1) is 8.10. The van der Waals surface area contributed by atoms with Gasteiger partial charge in [0.2, 0.25) is 0 Å². The third-order valence-electron chi connectivity index (χ3n) is 2.62. The van der Waals surface area contributed by atoms with E-state index in [0.29, 0.717) is 17.1 Å². The first-order valence-corrected chi connectivity index (χ1v) is 5.90. The van der Waals surface area contributed by atoms with Crippen LogP contribution in [-0.4, -0.2) is 24.0 Å². The molecule has 0 aromatic carbocycles. The number of anilines is 2. The van der Waals surface area contributed by atoms with Gasteiger partial charge in [-0.25, -0.2) is 4.98 Å². The van der Waals surface area contributed by atoms with E-state index < -0.39 is 5.91 Å². The Morgan fingerprint density at radius 3 is 2.71 bits per heavy atom. The smallest absolute Gasteiger partial charge is 0.252 e. The van der Waals surface area contributed by atoms with Crippen molar-refractivity contribution >= 4 is 17.4 Å². The van der Waals surface area contributed by atoms with E-state index in [4.69, 9.17) is 11.5 Å². The molecule has 0 unspecified atom stereocenters. The van der Waals surface area contributed by atoms with E-state index in [1.807, 2.05) is 11.8 Å². The normalized spacial score (nSPS) is 10.2. The maximum Gasteiger partial charge on any atom is 0.252 e. The Bertz CT molecular complexity index is 392. The van der Waals surface area contributed by atoms with Crippen molar-refractivity contribution in [3.8, 4) is 0 Å². The van der Waals surface area contributed by atoms with Crippen LogP contribution in [0.5, 0.6) is 0 Å². The second kappa shape index (κ2) is 6.08. The Balaban J connectivity index is 3.05. The van der Waals surface area contributed by atoms with Crippen molar-refractivity contribution in [3.05, 3.63) is 17.8 Å². The van der Waals surface area contributed by atoms with E-state index in [1.165, 1.54) is 0 Å². The Kier molecular flexibility index (Phi) is 4.75. The second-order valence-electron chi connectivity index (χ2n) is 3.94. The van der Waals surface area contributed by atoms with Crippen LogP contribution >= 0.6 is 0 Å². The Hall–Kier alpha value is -1.78. The van der Waals surface area contributed by atoms with Gasteiger partial charge in [0.1, 0.15) is 5.82 Å². The van der Waals surface area contributed by atoms with E-state index >= 15 is 0 Å². The SMILES string of the molecule is CCCCN(CC)c1ncc(N)cc1C(N)=O. The number of carbonyl (C=O) groups is 1. The van der Waals surface area contributed by atoms with Crippen molar-refractivity contribution in [2.45, 2.75) is 26.7 Å². The topological polar surface area (TPSA) is 85.2 Å². The molecule has 1 heterocycles. The van der Waals surface area contributed by atoms with Crippen molar-refractivity contribution in [1.29, 1.82) is 0 Å². The molecule has 0 saturated carbocycles. The molecule has 1 aromatic heterocycles. The molecule has 1 rings (SSSR count). The molecule has 0 aliphatic heterocycles. The Morgan fingerprint density at radius 1 is 1.47 bits per heavy atom. The highest BCUT2D eigenvalue weighted by Crippen LogP contribution is 2.19. The molecule has 17 heavy (non-hydrogen) atoms. The molecule has 1 aromatic rings. The zero-order valence-electron chi connectivity index (χ0n) is 10.4. The van der Waals surface area contributed by atoms with Crippen molar-refractivity contribution in [2.75, 3.05) is 23.7 Å². The van der Waals surface area contributed by atoms with Crippen LogP contribution in [0, 0.1) is 0 Å². The van der Waals surface area contributed by atoms with Gasteiger partial charge < -0.3 is 16.4 Å². The summed E-state index contributed by atoms with van der Waals surface area (Å²) >= 11 is 0. The third kappa shape index (κ3) is 3.34. The minimum Gasteiger partial charge on any atom is -0.397 e. The molecule has 1 amide bonds. The monoisotopic (exact) mass is 236 g/mol. The standard InChI is InChI=1S/C12H20N4O/c1-3-5-6-16(4-2)12-10(11(14)17)7-9(13)8-15-12/h7-8H,3-6,13H2,1-2H3,(H2,14,17). The fourth-order valence-electron chi connectivity index (χ4n) is 1.67. The molecular formula is C12H20N4O. The summed E-state index contributed by atoms with van der Waals surface area (Å²) in [5.74, 6) is 0.136. The highest BCUT2D eigenvalue weighted by atomic mass is 16.1. The third-order valence-corrected chi connectivity index (χ3v) is 2.62. The number of nitrogens with zero attached hydrogens (tertiary/aromatic N) is 2. The number of hydrogen-bond acceptors (Lipinski definition) is 4. The number of nitrogens with two attached hydrogens (primary N) is 2. The number of rotatable bonds is 6. The van der Waals surface area contributed by atoms with Crippen LogP contribution in [-0.2, 0) is 0 Å². The average Bonchev–Trinajstić information content (AvgIpc) is 2.31. The summed E-state index contributed by atoms with van der Waals surface area (Å²) in [4.78, 5) is 17.6. The van der Waals surface area contributed by atoms with E-state index in [1.54, 1.807) is 12.3 Å². The van der Waals surface area contributed by atoms with Gasteiger partial charge in [-0.05, 0) is 19.4 Å². The maximum atomic E-state index is 11.4. The summed E-state index contributed by atoms with van der Waals surface area (Å²) in [6.45, 7) is 5.80. The number of hydrogen-bond donors (Lipinski definition) is 2. The predicted octanol–water partition coefficient (Wildman–Crippen LogP) is 1.39. The molecule has 4 N–H and O–H groups in total. The fraction of sp³-hybridized carbons (Fsp3) is 0.500. The molecular weight excluding hydrogens is 216 g/mol. The lowest BCUT2D eigenvalue weighted by Gasteiger charge is -2.23. The van der Waals surface area contributed by atoms with Crippen LogP contribution in [0.25, 0.3) is 0 Å². The Labute approximate surface area is 102 Å². The number of primary amides is 1. The van der Waals surface area contributed by atoms with Crippen LogP contribution in [0.15, 0.2) is 12.3 Å². The van der Waals surface area contributed by atoms with Crippen LogP contribution in [0.1, 0.15) is 37.0 Å². The van der Waals surface area contributed by atoms with Crippen LogP contribution < -0.4 is 16.4 Å². The molecule has 0 bridgehead atoms. The number of amides is 1. The molecule has 0 saturated heterocycles. The van der Waals surface area contributed by atoms with Crippen molar-refractivity contribution in [3.63, 3.8) is 0 Å². The lowest BCUT2D eigenvalue weighted by Crippen LogP contribution is -2.28. The number of aromatic nitrogens is 1. The quantitative estimate of drug-likeness (QED) is 0.781. The number of carbonyl (C=O) groups excluding carboxylic acids is 1. The molecule has 5 heteroatoms. The van der Waals surface area contributed by atoms with E-state index in [-0.39, 0.29) is 0 Å². The average molecular weight is 236 g/mol. The lowest BCUT2D eigenvalue weighted by atomic mass is 10.2. The zero-order chi connectivity index (χ0) is 12.8. The van der Waals surface area contributed by atoms with Gasteiger partial charge in [-0.1, -0.05) is 13.3 Å². The molecule has 0 fully saturated rings. The fourth-order valence-corrected chi connectivity index (χ4v) is 1.67. The van der Waals surface area contributed by atoms with Gasteiger partial charge in [-0.3, -0.25) is 4.79 Å². The minimum atomic E-state index is -0.491. The van der Waals surface area contributed by atoms with Gasteiger partial charge in [0.05, 0.1) is 17.4 Å². The highest BCUT2D eigenvalue weighted by molar-refractivity contribution is 5.98. The molecule has 0 atom stereocenters. The molecule has 0 spiro atoms. The molecule has 94 valence electrons. The maximum absolute atomic E-state index is 11.4. The number of pyridine rings is 1. The van der Waals surface area contributed by atoms with Gasteiger partial charge >= 0.3 is 0 Å². The van der Waals surface area contributed by atoms with E-state index in [9.17, 15) is 4.79 Å². The summed E-state index contributed by atoms with van der Waals surface area (Å²) in [5, 5.41) is 0. The summed E-state index contributed by atoms with van der Waals surface area (Å²) < 4.78 is 0. The van der Waals surface area contributed by atoms with Gasteiger partial charge in [-0.15, -0.1) is 0 Å². The lowest BCUT2D eigenvalue weighted by molar-refractivity contribution is 0.100. The molecule has 5 nitrogen and oxygen atoms in total. The van der Waals surface area contributed by atoms with Crippen LogP contribution in [0.4, 0.5) is 11.5 Å². The van der Waals surface area contributed by atoms with E-state index in [0.717, 1.165) is 25.9 Å². The van der Waals surface area contributed by atoms with Crippen LogP contribution in [0.3, 0.4) is 0 Å². The van der Waals surface area contributed by atoms with Gasteiger partial charge in [-0.2, -0.15) is 0 Å². The highest BCUT2D eigenvalue weighted by Gasteiger charge is 2.15. The molecule has 0 aliphatic rings. The van der Waals surface area contributed by atoms with Crippen molar-refractivity contribution in [1.82, 2.24) is 4.98 Å². The molecule has 0 radical (unpaired) electrons. The largest absolute Gasteiger partial charge is 0.397 e. The Morgan fingerprint density at radius 2 is 2.18 bits per heavy atom. The second-order valence-corrected chi connectivity index (χ2v) is 3.94. The summed E-state index contributed by atoms with van der Waals surface area (Å²) in [6.07, 6.45) is 3.70. The van der Waals surface area contributed by atoms with Crippen LogP contribution in [0.2, 0.25) is 0 Å². The first kappa shape index (κ1) is 13.3. The number of nitrogen functional groups attached to an aromatic ring is 1. The van der Waals surface area contributed by atoms with Gasteiger partial charge in [0.25, 0.3) is 5.91 Å². The van der Waals surface area contributed by atoms with E-state index in [2.05, 4.69) is 11.9 Å². The molecule has 0 aliphatic carbocycles. The number of unbranched alkanes of at least 4 members (excludes halogenated alkanes) is 1. The predicted molar refractivity (Wildman–Crippen MR) is 70.0 cm³/mol.